The summed E-state index contributed by atoms with van der Waals surface area (Å²) in [4.78, 5) is 0. The Labute approximate surface area is 110 Å². The van der Waals surface area contributed by atoms with Crippen LogP contribution in [0.5, 0.6) is 11.5 Å². The van der Waals surface area contributed by atoms with Gasteiger partial charge in [-0.25, -0.2) is 0 Å². The average molecular weight is 277 g/mol. The predicted molar refractivity (Wildman–Crippen MR) is 67.4 cm³/mol. The molecule has 0 aromatic heterocycles. The second kappa shape index (κ2) is 7.11. The Morgan fingerprint density at radius 2 is 1.68 bits per heavy atom. The molecule has 0 saturated carbocycles. The fourth-order valence-corrected chi connectivity index (χ4v) is 1.44. The number of hydrogen-bond donors (Lipinski definition) is 1. The highest BCUT2D eigenvalue weighted by Crippen LogP contribution is 2.31. The van der Waals surface area contributed by atoms with E-state index in [1.807, 2.05) is 6.92 Å². The summed E-state index contributed by atoms with van der Waals surface area (Å²) in [6, 6.07) is 5.01. The molecule has 6 heteroatoms. The molecule has 0 heterocycles. The van der Waals surface area contributed by atoms with Crippen LogP contribution in [0, 0.1) is 0 Å². The molecule has 108 valence electrons. The van der Waals surface area contributed by atoms with Crippen LogP contribution in [0.15, 0.2) is 18.2 Å². The van der Waals surface area contributed by atoms with Crippen molar-refractivity contribution in [2.75, 3.05) is 18.9 Å². The number of hydrogen-bond acceptors (Lipinski definition) is 3. The highest BCUT2D eigenvalue weighted by atomic mass is 19.4. The van der Waals surface area contributed by atoms with Crippen LogP contribution < -0.4 is 15.2 Å². The van der Waals surface area contributed by atoms with Crippen LogP contribution in [-0.2, 0) is 0 Å². The Morgan fingerprint density at radius 1 is 1.11 bits per heavy atom. The molecule has 19 heavy (non-hydrogen) atoms. The molecule has 0 aliphatic heterocycles. The summed E-state index contributed by atoms with van der Waals surface area (Å²) in [5.74, 6) is 0.853. The molecule has 1 rings (SSSR count). The molecular weight excluding hydrogens is 259 g/mol. The predicted octanol–water partition coefficient (Wildman–Crippen LogP) is 3.78. The SMILES string of the molecule is CCCOc1cccc(OCCCC(F)(F)F)c1N. The van der Waals surface area contributed by atoms with Gasteiger partial charge in [-0.1, -0.05) is 13.0 Å². The van der Waals surface area contributed by atoms with Crippen LogP contribution in [0.3, 0.4) is 0 Å². The second-order valence-electron chi connectivity index (χ2n) is 4.08. The Kier molecular flexibility index (Phi) is 5.79. The van der Waals surface area contributed by atoms with Crippen LogP contribution in [0.4, 0.5) is 18.9 Å². The van der Waals surface area contributed by atoms with E-state index in [2.05, 4.69) is 0 Å². The number of halogens is 3. The monoisotopic (exact) mass is 277 g/mol. The van der Waals surface area contributed by atoms with E-state index < -0.39 is 12.6 Å². The first-order valence-corrected chi connectivity index (χ1v) is 6.15. The summed E-state index contributed by atoms with van der Waals surface area (Å²) in [7, 11) is 0. The average Bonchev–Trinajstić information content (AvgIpc) is 2.33. The van der Waals surface area contributed by atoms with E-state index in [4.69, 9.17) is 15.2 Å². The van der Waals surface area contributed by atoms with Crippen molar-refractivity contribution in [3.05, 3.63) is 18.2 Å². The van der Waals surface area contributed by atoms with Crippen molar-refractivity contribution in [3.8, 4) is 11.5 Å². The zero-order valence-electron chi connectivity index (χ0n) is 10.8. The van der Waals surface area contributed by atoms with Gasteiger partial charge in [-0.05, 0) is 25.0 Å². The van der Waals surface area contributed by atoms with Crippen molar-refractivity contribution in [3.63, 3.8) is 0 Å². The first-order valence-electron chi connectivity index (χ1n) is 6.15. The topological polar surface area (TPSA) is 44.5 Å². The van der Waals surface area contributed by atoms with E-state index in [9.17, 15) is 13.2 Å². The Morgan fingerprint density at radius 3 is 2.21 bits per heavy atom. The third-order valence-corrected chi connectivity index (χ3v) is 2.35. The summed E-state index contributed by atoms with van der Waals surface area (Å²) in [6.45, 7) is 2.47. The van der Waals surface area contributed by atoms with Gasteiger partial charge in [0.1, 0.15) is 17.2 Å². The number of nitrogen functional groups attached to an aromatic ring is 1. The molecule has 0 spiro atoms. The van der Waals surface area contributed by atoms with Crippen molar-refractivity contribution >= 4 is 5.69 Å². The number of rotatable bonds is 7. The van der Waals surface area contributed by atoms with Crippen molar-refractivity contribution in [2.45, 2.75) is 32.4 Å². The largest absolute Gasteiger partial charge is 0.491 e. The van der Waals surface area contributed by atoms with E-state index in [1.165, 1.54) is 0 Å². The molecular formula is C13H18F3NO2. The van der Waals surface area contributed by atoms with Crippen LogP contribution in [-0.4, -0.2) is 19.4 Å². The van der Waals surface area contributed by atoms with Crippen molar-refractivity contribution in [1.29, 1.82) is 0 Å². The Bertz CT molecular complexity index is 394. The number of ether oxygens (including phenoxy) is 2. The lowest BCUT2D eigenvalue weighted by Crippen LogP contribution is -2.10. The van der Waals surface area contributed by atoms with Gasteiger partial charge in [0.05, 0.1) is 13.2 Å². The standard InChI is InChI=1S/C13H18F3NO2/c1-2-8-18-10-5-3-6-11(12(10)17)19-9-4-7-13(14,15)16/h3,5-6H,2,4,7-9,17H2,1H3. The lowest BCUT2D eigenvalue weighted by molar-refractivity contribution is -0.136. The van der Waals surface area contributed by atoms with E-state index in [0.29, 0.717) is 23.8 Å². The van der Waals surface area contributed by atoms with E-state index >= 15 is 0 Å². The first kappa shape index (κ1) is 15.5. The van der Waals surface area contributed by atoms with Gasteiger partial charge in [0.25, 0.3) is 0 Å². The number of anilines is 1. The molecule has 2 N–H and O–H groups in total. The maximum atomic E-state index is 12.0. The van der Waals surface area contributed by atoms with Crippen LogP contribution >= 0.6 is 0 Å². The minimum Gasteiger partial charge on any atom is -0.491 e. The molecule has 0 saturated heterocycles. The van der Waals surface area contributed by atoms with Crippen LogP contribution in [0.25, 0.3) is 0 Å². The third-order valence-electron chi connectivity index (χ3n) is 2.35. The molecule has 0 aliphatic rings. The summed E-state index contributed by atoms with van der Waals surface area (Å²) >= 11 is 0. The van der Waals surface area contributed by atoms with Gasteiger partial charge in [-0.2, -0.15) is 13.2 Å². The van der Waals surface area contributed by atoms with E-state index in [0.717, 1.165) is 6.42 Å². The molecule has 0 unspecified atom stereocenters. The number of nitrogens with two attached hydrogens (primary N) is 1. The van der Waals surface area contributed by atoms with Gasteiger partial charge in [-0.3, -0.25) is 0 Å². The molecule has 0 bridgehead atoms. The molecule has 0 aliphatic carbocycles. The maximum absolute atomic E-state index is 12.0. The van der Waals surface area contributed by atoms with Crippen LogP contribution in [0.1, 0.15) is 26.2 Å². The molecule has 1 aromatic rings. The van der Waals surface area contributed by atoms with Gasteiger partial charge in [0.15, 0.2) is 0 Å². The number of alkyl halides is 3. The smallest absolute Gasteiger partial charge is 0.389 e. The van der Waals surface area contributed by atoms with Crippen molar-refractivity contribution in [2.24, 2.45) is 0 Å². The fraction of sp³-hybridized carbons (Fsp3) is 0.538. The second-order valence-corrected chi connectivity index (χ2v) is 4.08. The minimum absolute atomic E-state index is 0.0268. The normalized spacial score (nSPS) is 11.4. The highest BCUT2D eigenvalue weighted by molar-refractivity contribution is 5.62. The molecule has 1 aromatic carbocycles. The van der Waals surface area contributed by atoms with Gasteiger partial charge in [0.2, 0.25) is 0 Å². The molecule has 0 radical (unpaired) electrons. The molecule has 0 amide bonds. The zero-order valence-corrected chi connectivity index (χ0v) is 10.8. The number of benzene rings is 1. The number of para-hydroxylation sites is 1. The minimum atomic E-state index is -4.15. The Balaban J connectivity index is 2.49. The summed E-state index contributed by atoms with van der Waals surface area (Å²) in [5, 5.41) is 0. The highest BCUT2D eigenvalue weighted by Gasteiger charge is 2.26. The van der Waals surface area contributed by atoms with Gasteiger partial charge in [-0.15, -0.1) is 0 Å². The van der Waals surface area contributed by atoms with Gasteiger partial charge >= 0.3 is 6.18 Å². The quantitative estimate of drug-likeness (QED) is 0.609. The van der Waals surface area contributed by atoms with Crippen molar-refractivity contribution < 1.29 is 22.6 Å². The van der Waals surface area contributed by atoms with Gasteiger partial charge in [0, 0.05) is 6.42 Å². The molecule has 0 atom stereocenters. The van der Waals surface area contributed by atoms with E-state index in [-0.39, 0.29) is 13.0 Å². The zero-order chi connectivity index (χ0) is 14.3. The lowest BCUT2D eigenvalue weighted by atomic mass is 10.2. The first-order chi connectivity index (χ1) is 8.94. The summed E-state index contributed by atoms with van der Waals surface area (Å²) < 4.78 is 46.5. The Hall–Kier alpha value is -1.59. The molecule has 3 nitrogen and oxygen atoms in total. The lowest BCUT2D eigenvalue weighted by Gasteiger charge is -2.13. The molecule has 0 fully saturated rings. The maximum Gasteiger partial charge on any atom is 0.389 e. The fourth-order valence-electron chi connectivity index (χ4n) is 1.44. The summed E-state index contributed by atoms with van der Waals surface area (Å²) in [5.41, 5.74) is 6.14. The van der Waals surface area contributed by atoms with Crippen LogP contribution in [0.2, 0.25) is 0 Å². The summed E-state index contributed by atoms with van der Waals surface area (Å²) in [6.07, 6.45) is -4.26. The van der Waals surface area contributed by atoms with Crippen molar-refractivity contribution in [1.82, 2.24) is 0 Å². The third kappa shape index (κ3) is 5.72. The van der Waals surface area contributed by atoms with Gasteiger partial charge < -0.3 is 15.2 Å². The van der Waals surface area contributed by atoms with E-state index in [1.54, 1.807) is 18.2 Å².